The van der Waals surface area contributed by atoms with Crippen molar-refractivity contribution in [2.45, 2.75) is 45.1 Å². The van der Waals surface area contributed by atoms with E-state index in [-0.39, 0.29) is 17.4 Å². The summed E-state index contributed by atoms with van der Waals surface area (Å²) in [5.41, 5.74) is 3.99. The molecule has 2 amide bonds. The van der Waals surface area contributed by atoms with Gasteiger partial charge in [-0.2, -0.15) is 0 Å². The van der Waals surface area contributed by atoms with E-state index in [1.165, 1.54) is 12.8 Å². The van der Waals surface area contributed by atoms with Gasteiger partial charge in [0.05, 0.1) is 0 Å². The molecule has 184 valence electrons. The fourth-order valence-corrected chi connectivity index (χ4v) is 5.04. The molecule has 2 aromatic rings. The Balaban J connectivity index is 1.49. The van der Waals surface area contributed by atoms with Gasteiger partial charge in [-0.15, -0.1) is 0 Å². The summed E-state index contributed by atoms with van der Waals surface area (Å²) < 4.78 is 6.57. The van der Waals surface area contributed by atoms with Crippen LogP contribution in [0.3, 0.4) is 0 Å². The highest BCUT2D eigenvalue weighted by atomic mass is 16.5. The number of benzene rings is 2. The second-order valence-electron chi connectivity index (χ2n) is 9.89. The Kier molecular flexibility index (Phi) is 6.65. The fourth-order valence-electron chi connectivity index (χ4n) is 5.04. The number of nitrogens with zero attached hydrogens (tertiary/aromatic N) is 1. The molecule has 0 unspecified atom stereocenters. The Morgan fingerprint density at radius 3 is 2.37 bits per heavy atom. The number of fused-ring (bicyclic) bond motifs is 1. The van der Waals surface area contributed by atoms with E-state index in [2.05, 4.69) is 16.7 Å². The van der Waals surface area contributed by atoms with Gasteiger partial charge in [-0.05, 0) is 93.2 Å². The van der Waals surface area contributed by atoms with Crippen molar-refractivity contribution in [3.8, 4) is 5.75 Å². The normalized spacial score (nSPS) is 18.3. The summed E-state index contributed by atoms with van der Waals surface area (Å²) in [4.78, 5) is 27.5. The standard InChI is InChI=1S/C29H35N3O3/c1-3-32(4-2)28(34)22-9-7-21(8-10-22)25-18-29(13-15-30-16-14-29)35-26-12-11-23(17-24(25)26)27(33)31-19-20-5-6-20/h7-12,17-18,20,30H,3-6,13-16,19H2,1-2H3,(H,31,33). The first-order chi connectivity index (χ1) is 17.0. The molecule has 0 bridgehead atoms. The number of hydrogen-bond donors (Lipinski definition) is 2. The lowest BCUT2D eigenvalue weighted by Gasteiger charge is -2.40. The average Bonchev–Trinajstić information content (AvgIpc) is 3.72. The van der Waals surface area contributed by atoms with Crippen LogP contribution >= 0.6 is 0 Å². The van der Waals surface area contributed by atoms with Crippen molar-refractivity contribution in [1.29, 1.82) is 0 Å². The Bertz CT molecular complexity index is 1120. The van der Waals surface area contributed by atoms with E-state index in [1.54, 1.807) is 0 Å². The zero-order chi connectivity index (χ0) is 24.4. The van der Waals surface area contributed by atoms with Gasteiger partial charge in [0.25, 0.3) is 11.8 Å². The summed E-state index contributed by atoms with van der Waals surface area (Å²) in [6.45, 7) is 7.92. The molecular formula is C29H35N3O3. The van der Waals surface area contributed by atoms with Gasteiger partial charge in [-0.25, -0.2) is 0 Å². The quantitative estimate of drug-likeness (QED) is 0.631. The second kappa shape index (κ2) is 9.86. The number of ether oxygens (including phenoxy) is 1. The number of amides is 2. The van der Waals surface area contributed by atoms with Gasteiger partial charge in [0.2, 0.25) is 0 Å². The number of carbonyl (C=O) groups excluding carboxylic acids is 2. The summed E-state index contributed by atoms with van der Waals surface area (Å²) in [7, 11) is 0. The van der Waals surface area contributed by atoms with Crippen molar-refractivity contribution in [3.05, 3.63) is 70.8 Å². The molecular weight excluding hydrogens is 438 g/mol. The van der Waals surface area contributed by atoms with Crippen LogP contribution in [-0.2, 0) is 0 Å². The lowest BCUT2D eigenvalue weighted by atomic mass is 9.83. The van der Waals surface area contributed by atoms with Crippen LogP contribution in [0.1, 0.15) is 71.4 Å². The lowest BCUT2D eigenvalue weighted by molar-refractivity contribution is 0.0772. The molecule has 6 heteroatoms. The molecule has 2 aromatic carbocycles. The molecule has 1 saturated heterocycles. The molecule has 2 aliphatic heterocycles. The number of rotatable bonds is 7. The topological polar surface area (TPSA) is 70.7 Å². The maximum absolute atomic E-state index is 12.8. The van der Waals surface area contributed by atoms with Gasteiger partial charge >= 0.3 is 0 Å². The summed E-state index contributed by atoms with van der Waals surface area (Å²) in [6.07, 6.45) is 6.42. The Morgan fingerprint density at radius 2 is 1.71 bits per heavy atom. The van der Waals surface area contributed by atoms with Crippen LogP contribution in [0.25, 0.3) is 5.57 Å². The first-order valence-corrected chi connectivity index (χ1v) is 13.0. The highest BCUT2D eigenvalue weighted by molar-refractivity contribution is 5.97. The maximum Gasteiger partial charge on any atom is 0.253 e. The molecule has 2 fully saturated rings. The van der Waals surface area contributed by atoms with Gasteiger partial charge in [-0.1, -0.05) is 12.1 Å². The molecule has 2 heterocycles. The van der Waals surface area contributed by atoms with Gasteiger partial charge in [0.15, 0.2) is 0 Å². The molecule has 6 nitrogen and oxygen atoms in total. The highest BCUT2D eigenvalue weighted by Gasteiger charge is 2.37. The van der Waals surface area contributed by atoms with Crippen molar-refractivity contribution in [2.75, 3.05) is 32.7 Å². The second-order valence-corrected chi connectivity index (χ2v) is 9.89. The molecule has 0 aromatic heterocycles. The van der Waals surface area contributed by atoms with Crippen LogP contribution < -0.4 is 15.4 Å². The van der Waals surface area contributed by atoms with Crippen molar-refractivity contribution in [2.24, 2.45) is 5.92 Å². The van der Waals surface area contributed by atoms with Crippen LogP contribution in [-0.4, -0.2) is 55.0 Å². The fraction of sp³-hybridized carbons (Fsp3) is 0.448. The van der Waals surface area contributed by atoms with Crippen LogP contribution in [0.2, 0.25) is 0 Å². The third kappa shape index (κ3) is 4.98. The predicted molar refractivity (Wildman–Crippen MR) is 138 cm³/mol. The molecule has 0 radical (unpaired) electrons. The van der Waals surface area contributed by atoms with E-state index in [9.17, 15) is 9.59 Å². The molecule has 3 aliphatic rings. The van der Waals surface area contributed by atoms with Crippen molar-refractivity contribution in [1.82, 2.24) is 15.5 Å². The SMILES string of the molecule is CCN(CC)C(=O)c1ccc(C2=CC3(CCNCC3)Oc3ccc(C(=O)NCC4CC4)cc32)cc1. The monoisotopic (exact) mass is 473 g/mol. The maximum atomic E-state index is 12.8. The molecule has 1 spiro atoms. The zero-order valence-corrected chi connectivity index (χ0v) is 20.7. The molecule has 1 saturated carbocycles. The van der Waals surface area contributed by atoms with E-state index in [0.717, 1.165) is 54.9 Å². The largest absolute Gasteiger partial charge is 0.482 e. The smallest absolute Gasteiger partial charge is 0.253 e. The van der Waals surface area contributed by atoms with Crippen molar-refractivity contribution in [3.63, 3.8) is 0 Å². The predicted octanol–water partition coefficient (Wildman–Crippen LogP) is 4.25. The van der Waals surface area contributed by atoms with Gasteiger partial charge < -0.3 is 20.3 Å². The van der Waals surface area contributed by atoms with E-state index < -0.39 is 0 Å². The third-order valence-electron chi connectivity index (χ3n) is 7.44. The average molecular weight is 474 g/mol. The first-order valence-electron chi connectivity index (χ1n) is 13.0. The molecule has 1 aliphatic carbocycles. The van der Waals surface area contributed by atoms with Crippen molar-refractivity contribution >= 4 is 17.4 Å². The van der Waals surface area contributed by atoms with Crippen LogP contribution in [0.4, 0.5) is 0 Å². The van der Waals surface area contributed by atoms with E-state index >= 15 is 0 Å². The minimum Gasteiger partial charge on any atom is -0.482 e. The summed E-state index contributed by atoms with van der Waals surface area (Å²) >= 11 is 0. The minimum absolute atomic E-state index is 0.0404. The summed E-state index contributed by atoms with van der Waals surface area (Å²) in [5.74, 6) is 1.45. The Hall–Kier alpha value is -3.12. The van der Waals surface area contributed by atoms with Crippen LogP contribution in [0.15, 0.2) is 48.5 Å². The van der Waals surface area contributed by atoms with Crippen LogP contribution in [0.5, 0.6) is 5.75 Å². The van der Waals surface area contributed by atoms with Gasteiger partial charge in [-0.3, -0.25) is 9.59 Å². The number of piperidine rings is 1. The van der Waals surface area contributed by atoms with Crippen LogP contribution in [0, 0.1) is 5.92 Å². The number of nitrogens with one attached hydrogen (secondary N) is 2. The summed E-state index contributed by atoms with van der Waals surface area (Å²) in [6, 6.07) is 13.6. The molecule has 0 atom stereocenters. The molecule has 2 N–H and O–H groups in total. The van der Waals surface area contributed by atoms with Gasteiger partial charge in [0.1, 0.15) is 11.4 Å². The Morgan fingerprint density at radius 1 is 1.03 bits per heavy atom. The third-order valence-corrected chi connectivity index (χ3v) is 7.44. The molecule has 35 heavy (non-hydrogen) atoms. The van der Waals surface area contributed by atoms with Crippen molar-refractivity contribution < 1.29 is 14.3 Å². The zero-order valence-electron chi connectivity index (χ0n) is 20.7. The lowest BCUT2D eigenvalue weighted by Crippen LogP contribution is -2.46. The van der Waals surface area contributed by atoms with Gasteiger partial charge in [0, 0.05) is 49.2 Å². The van der Waals surface area contributed by atoms with E-state index in [4.69, 9.17) is 4.74 Å². The number of hydrogen-bond acceptors (Lipinski definition) is 4. The van der Waals surface area contributed by atoms with E-state index in [0.29, 0.717) is 30.1 Å². The summed E-state index contributed by atoms with van der Waals surface area (Å²) in [5, 5.41) is 6.50. The minimum atomic E-state index is -0.362. The van der Waals surface area contributed by atoms with E-state index in [1.807, 2.05) is 61.2 Å². The molecule has 5 rings (SSSR count). The Labute approximate surface area is 207 Å². The first kappa shape index (κ1) is 23.6. The highest BCUT2D eigenvalue weighted by Crippen LogP contribution is 2.43. The number of carbonyl (C=O) groups is 2.